The maximum Gasteiger partial charge on any atom is 0.306 e. The molecule has 0 amide bonds. The van der Waals surface area contributed by atoms with E-state index in [1.165, 1.54) is 103 Å². The van der Waals surface area contributed by atoms with Gasteiger partial charge in [-0.05, 0) is 116 Å². The van der Waals surface area contributed by atoms with Crippen molar-refractivity contribution in [2.75, 3.05) is 13.2 Å². The van der Waals surface area contributed by atoms with E-state index >= 15 is 0 Å². The Balaban J connectivity index is 4.36. The molecule has 1 atom stereocenters. The number of rotatable bonds is 60. The minimum absolute atomic E-state index is 0.0924. The Morgan fingerprint density at radius 2 is 0.481 bits per heavy atom. The van der Waals surface area contributed by atoms with E-state index in [4.69, 9.17) is 14.2 Å². The SMILES string of the molecule is CC/C=C\C/C=C\C/C=C\C/C=C\C/C=C\C/C=C\C/C=C\C/C=C\CCCCCCCCC(=O)OCC(COC(=O)CCCCCCC/C=C\C/C=C\C/C=C\CC)OC(=O)CCCCCCCCCCCCCCCCCCC. The molecule has 0 aromatic rings. The molecule has 1 unspecified atom stereocenters. The van der Waals surface area contributed by atoms with Gasteiger partial charge in [-0.3, -0.25) is 14.4 Å². The molecular weight excluding hydrogens is 997 g/mol. The molecular formula is C75H124O6. The van der Waals surface area contributed by atoms with Crippen molar-refractivity contribution in [3.63, 3.8) is 0 Å². The molecule has 0 aliphatic heterocycles. The third-order valence-corrected chi connectivity index (χ3v) is 14.2. The molecule has 6 nitrogen and oxygen atoms in total. The summed E-state index contributed by atoms with van der Waals surface area (Å²) in [5.41, 5.74) is 0. The number of hydrogen-bond donors (Lipinski definition) is 0. The summed E-state index contributed by atoms with van der Waals surface area (Å²) in [6, 6.07) is 0. The van der Waals surface area contributed by atoms with Crippen LogP contribution >= 0.6 is 0 Å². The van der Waals surface area contributed by atoms with Crippen LogP contribution in [0.2, 0.25) is 0 Å². The number of carbonyl (C=O) groups is 3. The van der Waals surface area contributed by atoms with Crippen molar-refractivity contribution in [1.29, 1.82) is 0 Å². The highest BCUT2D eigenvalue weighted by Crippen LogP contribution is 2.16. The molecule has 0 aromatic heterocycles. The first kappa shape index (κ1) is 76.5. The molecule has 0 fully saturated rings. The van der Waals surface area contributed by atoms with E-state index in [1.54, 1.807) is 0 Å². The molecule has 81 heavy (non-hydrogen) atoms. The van der Waals surface area contributed by atoms with E-state index in [1.807, 2.05) is 0 Å². The average molecular weight is 1120 g/mol. The molecule has 6 heteroatoms. The van der Waals surface area contributed by atoms with Crippen LogP contribution in [0.1, 0.15) is 303 Å². The van der Waals surface area contributed by atoms with Gasteiger partial charge in [-0.1, -0.05) is 302 Å². The van der Waals surface area contributed by atoms with Crippen LogP contribution in [0.5, 0.6) is 0 Å². The Hall–Kier alpha value is -4.45. The van der Waals surface area contributed by atoms with Crippen LogP contribution < -0.4 is 0 Å². The standard InChI is InChI=1S/C75H124O6/c1-4-7-10-13-16-19-22-25-28-30-31-32-33-34-35-36-37-38-39-40-41-42-43-45-47-50-53-56-59-62-65-68-74(77)80-71-72(70-79-73(76)67-64-61-58-55-52-49-46-27-24-21-18-15-12-9-6-3)81-75(78)69-66-63-60-57-54-51-48-44-29-26-23-20-17-14-11-8-5-2/h7,9-10,12,16,18-19,21,25,27-28,31-32,34-35,37-38,40-41,43,45-46,72H,4-6,8,11,13-15,17,20,22-24,26,29-30,33,36,39,42,44,47-71H2,1-3H3/b10-7-,12-9-,19-16-,21-18-,28-25-,32-31-,35-34-,38-37-,41-40-,45-43-,46-27-. The maximum absolute atomic E-state index is 12.9. The Labute approximate surface area is 500 Å². The zero-order valence-corrected chi connectivity index (χ0v) is 52.8. The third kappa shape index (κ3) is 66.2. The fraction of sp³-hybridized carbons (Fsp3) is 0.667. The molecule has 0 N–H and O–H groups in total. The van der Waals surface area contributed by atoms with Crippen LogP contribution in [0.3, 0.4) is 0 Å². The van der Waals surface area contributed by atoms with E-state index in [-0.39, 0.29) is 31.1 Å². The quantitative estimate of drug-likeness (QED) is 0.0261. The number of hydrogen-bond acceptors (Lipinski definition) is 6. The Bertz CT molecular complexity index is 1720. The van der Waals surface area contributed by atoms with Crippen molar-refractivity contribution >= 4 is 17.9 Å². The summed E-state index contributed by atoms with van der Waals surface area (Å²) in [6.07, 6.45) is 96.0. The lowest BCUT2D eigenvalue weighted by atomic mass is 10.0. The number of allylic oxidation sites excluding steroid dienone is 22. The van der Waals surface area contributed by atoms with E-state index in [0.29, 0.717) is 19.3 Å². The van der Waals surface area contributed by atoms with E-state index in [0.717, 1.165) is 161 Å². The predicted molar refractivity (Wildman–Crippen MR) is 353 cm³/mol. The van der Waals surface area contributed by atoms with Gasteiger partial charge < -0.3 is 14.2 Å². The number of carbonyl (C=O) groups excluding carboxylic acids is 3. The van der Waals surface area contributed by atoms with Crippen LogP contribution in [0.25, 0.3) is 0 Å². The largest absolute Gasteiger partial charge is 0.462 e. The van der Waals surface area contributed by atoms with Crippen LogP contribution in [-0.4, -0.2) is 37.2 Å². The summed E-state index contributed by atoms with van der Waals surface area (Å²) in [5, 5.41) is 0. The highest BCUT2D eigenvalue weighted by atomic mass is 16.6. The molecule has 0 aliphatic rings. The fourth-order valence-electron chi connectivity index (χ4n) is 9.18. The minimum Gasteiger partial charge on any atom is -0.462 e. The summed E-state index contributed by atoms with van der Waals surface area (Å²) >= 11 is 0. The zero-order valence-electron chi connectivity index (χ0n) is 52.8. The molecule has 0 aliphatic carbocycles. The predicted octanol–water partition coefficient (Wildman–Crippen LogP) is 23.3. The van der Waals surface area contributed by atoms with Crippen LogP contribution in [0.15, 0.2) is 134 Å². The van der Waals surface area contributed by atoms with Crippen LogP contribution in [-0.2, 0) is 28.6 Å². The highest BCUT2D eigenvalue weighted by molar-refractivity contribution is 5.71. The molecule has 460 valence electrons. The van der Waals surface area contributed by atoms with Crippen molar-refractivity contribution in [3.8, 4) is 0 Å². The molecule has 0 bridgehead atoms. The first-order valence-electron chi connectivity index (χ1n) is 33.7. The Morgan fingerprint density at radius 1 is 0.259 bits per heavy atom. The lowest BCUT2D eigenvalue weighted by Gasteiger charge is -2.18. The summed E-state index contributed by atoms with van der Waals surface area (Å²) in [7, 11) is 0. The number of unbranched alkanes of at least 4 members (excludes halogenated alkanes) is 27. The second kappa shape index (κ2) is 68.1. The first-order chi connectivity index (χ1) is 40.0. The molecule has 0 saturated heterocycles. The summed E-state index contributed by atoms with van der Waals surface area (Å²) in [6.45, 7) is 6.41. The van der Waals surface area contributed by atoms with Gasteiger partial charge in [-0.2, -0.15) is 0 Å². The second-order valence-corrected chi connectivity index (χ2v) is 22.0. The molecule has 0 rings (SSSR count). The van der Waals surface area contributed by atoms with Gasteiger partial charge in [0.15, 0.2) is 6.10 Å². The van der Waals surface area contributed by atoms with Crippen molar-refractivity contribution < 1.29 is 28.6 Å². The molecule has 0 saturated carbocycles. The van der Waals surface area contributed by atoms with Gasteiger partial charge >= 0.3 is 17.9 Å². The van der Waals surface area contributed by atoms with Crippen molar-refractivity contribution in [2.24, 2.45) is 0 Å². The molecule has 0 spiro atoms. The second-order valence-electron chi connectivity index (χ2n) is 22.0. The summed E-state index contributed by atoms with van der Waals surface area (Å²) in [5.74, 6) is -0.914. The van der Waals surface area contributed by atoms with E-state index in [9.17, 15) is 14.4 Å². The fourth-order valence-corrected chi connectivity index (χ4v) is 9.18. The lowest BCUT2D eigenvalue weighted by Crippen LogP contribution is -2.30. The van der Waals surface area contributed by atoms with E-state index < -0.39 is 6.10 Å². The van der Waals surface area contributed by atoms with Crippen molar-refractivity contribution in [3.05, 3.63) is 134 Å². The number of esters is 3. The van der Waals surface area contributed by atoms with Gasteiger partial charge in [0.1, 0.15) is 13.2 Å². The molecule has 0 radical (unpaired) electrons. The van der Waals surface area contributed by atoms with Gasteiger partial charge in [0.2, 0.25) is 0 Å². The summed E-state index contributed by atoms with van der Waals surface area (Å²) < 4.78 is 16.9. The lowest BCUT2D eigenvalue weighted by molar-refractivity contribution is -0.167. The number of ether oxygens (including phenoxy) is 3. The topological polar surface area (TPSA) is 78.9 Å². The van der Waals surface area contributed by atoms with Gasteiger partial charge in [-0.15, -0.1) is 0 Å². The van der Waals surface area contributed by atoms with Gasteiger partial charge in [-0.25, -0.2) is 0 Å². The third-order valence-electron chi connectivity index (χ3n) is 14.2. The molecule has 0 heterocycles. The summed E-state index contributed by atoms with van der Waals surface area (Å²) in [4.78, 5) is 38.4. The first-order valence-corrected chi connectivity index (χ1v) is 33.7. The van der Waals surface area contributed by atoms with Crippen LogP contribution in [0.4, 0.5) is 0 Å². The average Bonchev–Trinajstić information content (AvgIpc) is 3.47. The monoisotopic (exact) mass is 1120 g/mol. The maximum atomic E-state index is 12.9. The molecule has 0 aromatic carbocycles. The van der Waals surface area contributed by atoms with Crippen molar-refractivity contribution in [1.82, 2.24) is 0 Å². The minimum atomic E-state index is -0.795. The zero-order chi connectivity index (χ0) is 58.5. The Morgan fingerprint density at radius 3 is 0.753 bits per heavy atom. The van der Waals surface area contributed by atoms with Crippen LogP contribution in [0, 0.1) is 0 Å². The van der Waals surface area contributed by atoms with E-state index in [2.05, 4.69) is 154 Å². The van der Waals surface area contributed by atoms with Gasteiger partial charge in [0.25, 0.3) is 0 Å². The smallest absolute Gasteiger partial charge is 0.306 e. The highest BCUT2D eigenvalue weighted by Gasteiger charge is 2.19. The van der Waals surface area contributed by atoms with Gasteiger partial charge in [0, 0.05) is 19.3 Å². The van der Waals surface area contributed by atoms with Gasteiger partial charge in [0.05, 0.1) is 0 Å². The Kier molecular flexibility index (Phi) is 64.3. The normalized spacial score (nSPS) is 13.0. The van der Waals surface area contributed by atoms with Crippen molar-refractivity contribution in [2.45, 2.75) is 309 Å².